The minimum Gasteiger partial charge on any atom is -0.403 e. The molecular weight excluding hydrogens is 424 g/mol. The molecule has 1 aliphatic heterocycles. The van der Waals surface area contributed by atoms with Crippen LogP contribution in [0, 0.1) is 11.6 Å². The summed E-state index contributed by atoms with van der Waals surface area (Å²) < 4.78 is 28.2. The van der Waals surface area contributed by atoms with Gasteiger partial charge in [0.1, 0.15) is 27.5 Å². The quantitative estimate of drug-likeness (QED) is 0.418. The molecule has 0 spiro atoms. The van der Waals surface area contributed by atoms with Gasteiger partial charge < -0.3 is 27.0 Å². The number of hydrogen-bond acceptors (Lipinski definition) is 7. The Balaban J connectivity index is 1.82. The van der Waals surface area contributed by atoms with Crippen LogP contribution in [-0.4, -0.2) is 54.4 Å². The van der Waals surface area contributed by atoms with Gasteiger partial charge in [-0.25, -0.2) is 13.8 Å². The van der Waals surface area contributed by atoms with Gasteiger partial charge in [0, 0.05) is 38.9 Å². The zero-order valence-electron chi connectivity index (χ0n) is 17.3. The predicted molar refractivity (Wildman–Crippen MR) is 119 cm³/mol. The second-order valence-corrected chi connectivity index (χ2v) is 8.07. The van der Waals surface area contributed by atoms with E-state index in [2.05, 4.69) is 27.5 Å². The third-order valence-corrected chi connectivity index (χ3v) is 5.82. The Bertz CT molecular complexity index is 1000. The molecule has 3 rings (SSSR count). The van der Waals surface area contributed by atoms with E-state index in [0.717, 1.165) is 43.0 Å². The Morgan fingerprint density at radius 2 is 2.10 bits per heavy atom. The molecule has 31 heavy (non-hydrogen) atoms. The first-order valence-electron chi connectivity index (χ1n) is 9.75. The van der Waals surface area contributed by atoms with Gasteiger partial charge in [-0.3, -0.25) is 9.79 Å². The summed E-state index contributed by atoms with van der Waals surface area (Å²) in [5, 5.41) is 6.09. The van der Waals surface area contributed by atoms with E-state index < -0.39 is 17.5 Å². The smallest absolute Gasteiger partial charge is 0.277 e. The van der Waals surface area contributed by atoms with Gasteiger partial charge >= 0.3 is 0 Å². The third kappa shape index (κ3) is 5.00. The van der Waals surface area contributed by atoms with Crippen molar-refractivity contribution in [3.63, 3.8) is 0 Å². The van der Waals surface area contributed by atoms with Gasteiger partial charge in [-0.2, -0.15) is 0 Å². The lowest BCUT2D eigenvalue weighted by Gasteiger charge is -2.25. The molecule has 1 saturated heterocycles. The minimum absolute atomic E-state index is 0.0199. The normalized spacial score (nSPS) is 18.1. The Labute approximate surface area is 183 Å². The first-order chi connectivity index (χ1) is 14.8. The van der Waals surface area contributed by atoms with Crippen LogP contribution < -0.4 is 22.1 Å². The molecule has 2 aromatic rings. The van der Waals surface area contributed by atoms with E-state index in [1.165, 1.54) is 12.3 Å². The topological polar surface area (TPSA) is 122 Å². The molecule has 1 fully saturated rings. The number of hydrogen-bond donors (Lipinski definition) is 4. The number of nitrogen functional groups attached to an aromatic ring is 1. The van der Waals surface area contributed by atoms with Crippen molar-refractivity contribution in [3.8, 4) is 10.6 Å². The maximum Gasteiger partial charge on any atom is 0.277 e. The molecule has 8 nitrogen and oxygen atoms in total. The number of amidine groups is 1. The van der Waals surface area contributed by atoms with Gasteiger partial charge in [0.25, 0.3) is 5.91 Å². The van der Waals surface area contributed by atoms with E-state index in [9.17, 15) is 13.6 Å². The standard InChI is InChI=1S/C20H25F2N7OS/c1-11-6-8-29(9-7-26-11)18(25-2)14(10-23)27-19(30)16-17(24)31-20(28-16)15-12(21)4-3-5-13(15)22/h3-5,10-11,26H,6-9,23-24H2,1-2H3,(H,27,30)/b14-10+,25-18?. The summed E-state index contributed by atoms with van der Waals surface area (Å²) in [5.74, 6) is -1.68. The van der Waals surface area contributed by atoms with E-state index in [0.29, 0.717) is 24.1 Å². The van der Waals surface area contributed by atoms with Crippen molar-refractivity contribution in [1.82, 2.24) is 20.5 Å². The number of carbonyl (C=O) groups excluding carboxylic acids is 1. The molecule has 1 aromatic heterocycles. The minimum atomic E-state index is -0.785. The number of nitrogens with two attached hydrogens (primary N) is 2. The fraction of sp³-hybridized carbons (Fsp3) is 0.350. The summed E-state index contributed by atoms with van der Waals surface area (Å²) in [6.45, 7) is 4.31. The maximum atomic E-state index is 14.1. The third-order valence-electron chi connectivity index (χ3n) is 4.92. The molecule has 1 unspecified atom stereocenters. The van der Waals surface area contributed by atoms with Gasteiger partial charge in [0.2, 0.25) is 0 Å². The van der Waals surface area contributed by atoms with E-state index in [-0.39, 0.29) is 21.3 Å². The molecule has 1 aliphatic rings. The van der Waals surface area contributed by atoms with Crippen molar-refractivity contribution in [1.29, 1.82) is 0 Å². The van der Waals surface area contributed by atoms with Crippen LogP contribution in [0.3, 0.4) is 0 Å². The fourth-order valence-corrected chi connectivity index (χ4v) is 4.19. The van der Waals surface area contributed by atoms with Crippen molar-refractivity contribution in [2.24, 2.45) is 10.7 Å². The SMILES string of the molecule is CN=C(/C(=C\N)NC(=O)c1nc(-c2c(F)cccc2F)sc1N)N1CCNC(C)CC1. The first-order valence-corrected chi connectivity index (χ1v) is 10.6. The van der Waals surface area contributed by atoms with E-state index in [1.807, 2.05) is 4.90 Å². The second-order valence-electron chi connectivity index (χ2n) is 7.04. The number of anilines is 1. The van der Waals surface area contributed by atoms with Crippen LogP contribution in [0.2, 0.25) is 0 Å². The monoisotopic (exact) mass is 449 g/mol. The van der Waals surface area contributed by atoms with Crippen molar-refractivity contribution in [2.75, 3.05) is 32.4 Å². The molecule has 0 radical (unpaired) electrons. The molecule has 2 heterocycles. The summed E-state index contributed by atoms with van der Waals surface area (Å²) >= 11 is 0.830. The van der Waals surface area contributed by atoms with Crippen LogP contribution in [-0.2, 0) is 0 Å². The van der Waals surface area contributed by atoms with E-state index >= 15 is 0 Å². The largest absolute Gasteiger partial charge is 0.403 e. The number of rotatable bonds is 4. The molecule has 0 saturated carbocycles. The van der Waals surface area contributed by atoms with Gasteiger partial charge in [-0.15, -0.1) is 0 Å². The lowest BCUT2D eigenvalue weighted by Crippen LogP contribution is -2.41. The summed E-state index contributed by atoms with van der Waals surface area (Å²) in [6.07, 6.45) is 2.16. The van der Waals surface area contributed by atoms with Gasteiger partial charge in [0.05, 0.1) is 11.3 Å². The number of benzene rings is 1. The van der Waals surface area contributed by atoms with E-state index in [1.54, 1.807) is 7.05 Å². The number of carbonyl (C=O) groups is 1. The lowest BCUT2D eigenvalue weighted by atomic mass is 10.2. The van der Waals surface area contributed by atoms with Crippen LogP contribution in [0.4, 0.5) is 13.8 Å². The van der Waals surface area contributed by atoms with Gasteiger partial charge in [-0.05, 0) is 25.5 Å². The predicted octanol–water partition coefficient (Wildman–Crippen LogP) is 1.91. The van der Waals surface area contributed by atoms with Crippen molar-refractivity contribution < 1.29 is 13.6 Å². The maximum absolute atomic E-state index is 14.1. The molecule has 6 N–H and O–H groups in total. The molecule has 166 valence electrons. The molecule has 1 aromatic carbocycles. The van der Waals surface area contributed by atoms with Crippen LogP contribution >= 0.6 is 11.3 Å². The molecule has 1 amide bonds. The first kappa shape index (κ1) is 22.6. The highest BCUT2D eigenvalue weighted by molar-refractivity contribution is 7.19. The molecular formula is C20H25F2N7OS. The summed E-state index contributed by atoms with van der Waals surface area (Å²) in [5.41, 5.74) is 11.5. The zero-order chi connectivity index (χ0) is 22.5. The summed E-state index contributed by atoms with van der Waals surface area (Å²) in [6, 6.07) is 3.86. The lowest BCUT2D eigenvalue weighted by molar-refractivity contribution is 0.0964. The summed E-state index contributed by atoms with van der Waals surface area (Å²) in [4.78, 5) is 23.3. The van der Waals surface area contributed by atoms with Crippen molar-refractivity contribution in [3.05, 3.63) is 47.4 Å². The zero-order valence-corrected chi connectivity index (χ0v) is 18.1. The Hall–Kier alpha value is -3.05. The highest BCUT2D eigenvalue weighted by atomic mass is 32.1. The van der Waals surface area contributed by atoms with Crippen LogP contribution in [0.5, 0.6) is 0 Å². The van der Waals surface area contributed by atoms with Crippen LogP contribution in [0.25, 0.3) is 10.6 Å². The Morgan fingerprint density at radius 3 is 2.74 bits per heavy atom. The molecule has 0 bridgehead atoms. The molecule has 1 atom stereocenters. The molecule has 0 aliphatic carbocycles. The van der Waals surface area contributed by atoms with Crippen LogP contribution in [0.1, 0.15) is 23.8 Å². The Morgan fingerprint density at radius 1 is 1.39 bits per heavy atom. The van der Waals surface area contributed by atoms with Gasteiger partial charge in [0.15, 0.2) is 5.69 Å². The number of aliphatic imine (C=N–C) groups is 1. The number of thiazole rings is 1. The van der Waals surface area contributed by atoms with Gasteiger partial charge in [-0.1, -0.05) is 17.4 Å². The van der Waals surface area contributed by atoms with Crippen molar-refractivity contribution >= 4 is 28.1 Å². The fourth-order valence-electron chi connectivity index (χ4n) is 3.31. The van der Waals surface area contributed by atoms with E-state index in [4.69, 9.17) is 11.5 Å². The average Bonchev–Trinajstić information content (AvgIpc) is 2.98. The Kier molecular flexibility index (Phi) is 7.18. The number of halogens is 2. The number of aromatic nitrogens is 1. The summed E-state index contributed by atoms with van der Waals surface area (Å²) in [7, 11) is 1.61. The number of nitrogens with zero attached hydrogens (tertiary/aromatic N) is 3. The number of amides is 1. The number of nitrogens with one attached hydrogen (secondary N) is 2. The second kappa shape index (κ2) is 9.84. The average molecular weight is 450 g/mol. The van der Waals surface area contributed by atoms with Crippen LogP contribution in [0.15, 0.2) is 35.1 Å². The highest BCUT2D eigenvalue weighted by Crippen LogP contribution is 2.33. The highest BCUT2D eigenvalue weighted by Gasteiger charge is 2.25. The molecule has 11 heteroatoms. The van der Waals surface area contributed by atoms with Crippen molar-refractivity contribution in [2.45, 2.75) is 19.4 Å².